The van der Waals surface area contributed by atoms with Crippen molar-refractivity contribution >= 4 is 39.1 Å². The van der Waals surface area contributed by atoms with E-state index in [0.29, 0.717) is 24.5 Å². The average Bonchev–Trinajstić information content (AvgIpc) is 3.52. The smallest absolute Gasteiger partial charge is 0.305 e. The van der Waals surface area contributed by atoms with Crippen LogP contribution in [0, 0.1) is 0 Å². The van der Waals surface area contributed by atoms with Crippen LogP contribution in [0.4, 0.5) is 0 Å². The van der Waals surface area contributed by atoms with Gasteiger partial charge in [-0.15, -0.1) is 0 Å². The molecule has 1 heterocycles. The van der Waals surface area contributed by atoms with E-state index in [1.54, 1.807) is 6.07 Å². The first-order valence-corrected chi connectivity index (χ1v) is 13.9. The van der Waals surface area contributed by atoms with Crippen LogP contribution in [0.5, 0.6) is 5.75 Å². The molecule has 1 aliphatic carbocycles. The van der Waals surface area contributed by atoms with E-state index in [1.807, 2.05) is 18.2 Å². The summed E-state index contributed by atoms with van der Waals surface area (Å²) in [5, 5.41) is 10.9. The molecule has 0 saturated heterocycles. The topological polar surface area (TPSA) is 103 Å². The zero-order valence-electron chi connectivity index (χ0n) is 20.5. The van der Waals surface area contributed by atoms with Crippen LogP contribution in [0.25, 0.3) is 10.2 Å². The van der Waals surface area contributed by atoms with Gasteiger partial charge in [-0.3, -0.25) is 14.5 Å². The SMILES string of the molecule is NC(=O)CCN(CCN(CCc1ccc(Cl)cc1)CCc1ccc(O)c2[nH]c(=O)sc12)C1CCCC1. The lowest BCUT2D eigenvalue weighted by Gasteiger charge is -2.31. The van der Waals surface area contributed by atoms with Crippen molar-refractivity contribution in [3.05, 3.63) is 62.2 Å². The molecule has 0 unspecified atom stereocenters. The van der Waals surface area contributed by atoms with E-state index in [9.17, 15) is 14.7 Å². The predicted octanol–water partition coefficient (Wildman–Crippen LogP) is 4.16. The molecule has 0 bridgehead atoms. The van der Waals surface area contributed by atoms with E-state index in [0.717, 1.165) is 65.6 Å². The minimum Gasteiger partial charge on any atom is -0.506 e. The molecule has 194 valence electrons. The van der Waals surface area contributed by atoms with Crippen LogP contribution < -0.4 is 10.6 Å². The molecule has 1 fully saturated rings. The van der Waals surface area contributed by atoms with E-state index < -0.39 is 0 Å². The molecule has 0 spiro atoms. The average molecular weight is 531 g/mol. The third-order valence-corrected chi connectivity index (χ3v) is 8.37. The molecule has 1 aliphatic rings. The van der Waals surface area contributed by atoms with Crippen LogP contribution in [-0.2, 0) is 17.6 Å². The van der Waals surface area contributed by atoms with E-state index >= 15 is 0 Å². The molecular formula is C27H35ClN4O3S. The van der Waals surface area contributed by atoms with E-state index in [-0.39, 0.29) is 16.5 Å². The number of aromatic hydroxyl groups is 1. The zero-order chi connectivity index (χ0) is 25.5. The number of carbonyl (C=O) groups is 1. The van der Waals surface area contributed by atoms with Crippen LogP contribution in [0.3, 0.4) is 0 Å². The summed E-state index contributed by atoms with van der Waals surface area (Å²) >= 11 is 7.21. The third kappa shape index (κ3) is 7.32. The number of aromatic nitrogens is 1. The fourth-order valence-corrected chi connectivity index (χ4v) is 6.12. The molecule has 0 aliphatic heterocycles. The highest BCUT2D eigenvalue weighted by Crippen LogP contribution is 2.28. The van der Waals surface area contributed by atoms with Crippen LogP contribution in [0.1, 0.15) is 43.2 Å². The Morgan fingerprint density at radius 2 is 1.75 bits per heavy atom. The van der Waals surface area contributed by atoms with E-state index in [4.69, 9.17) is 17.3 Å². The quantitative estimate of drug-likeness (QED) is 0.308. The lowest BCUT2D eigenvalue weighted by atomic mass is 10.1. The van der Waals surface area contributed by atoms with Crippen LogP contribution in [0.15, 0.2) is 41.2 Å². The van der Waals surface area contributed by atoms with Gasteiger partial charge in [0.15, 0.2) is 0 Å². The van der Waals surface area contributed by atoms with Crippen molar-refractivity contribution in [2.24, 2.45) is 5.73 Å². The molecule has 0 radical (unpaired) electrons. The van der Waals surface area contributed by atoms with Gasteiger partial charge in [0.25, 0.3) is 0 Å². The summed E-state index contributed by atoms with van der Waals surface area (Å²) in [6.45, 7) is 4.20. The highest BCUT2D eigenvalue weighted by Gasteiger charge is 2.23. The summed E-state index contributed by atoms with van der Waals surface area (Å²) in [6, 6.07) is 12.1. The van der Waals surface area contributed by atoms with Gasteiger partial charge in [0.05, 0.1) is 4.70 Å². The predicted molar refractivity (Wildman–Crippen MR) is 147 cm³/mol. The standard InChI is InChI=1S/C27H35ClN4O3S/c28-21-8-5-19(6-9-21)11-14-31(17-18-32(16-13-24(29)34)22-3-1-2-4-22)15-12-20-7-10-23(33)25-26(20)36-27(35)30-25/h5-10,22,33H,1-4,11-18H2,(H2,29,34)(H,30,35). The number of aromatic amines is 1. The number of amides is 1. The Balaban J connectivity index is 1.45. The maximum Gasteiger partial charge on any atom is 0.305 e. The summed E-state index contributed by atoms with van der Waals surface area (Å²) in [7, 11) is 0. The van der Waals surface area contributed by atoms with Gasteiger partial charge in [-0.2, -0.15) is 0 Å². The summed E-state index contributed by atoms with van der Waals surface area (Å²) in [4.78, 5) is 30.9. The van der Waals surface area contributed by atoms with E-state index in [1.165, 1.54) is 31.2 Å². The van der Waals surface area contributed by atoms with Crippen molar-refractivity contribution in [2.75, 3.05) is 32.7 Å². The number of thiazole rings is 1. The van der Waals surface area contributed by atoms with Crippen molar-refractivity contribution in [3.63, 3.8) is 0 Å². The largest absolute Gasteiger partial charge is 0.506 e. The fourth-order valence-electron chi connectivity index (χ4n) is 5.09. The maximum absolute atomic E-state index is 11.9. The Kier molecular flexibility index (Phi) is 9.42. The number of primary amides is 1. The van der Waals surface area contributed by atoms with Crippen molar-refractivity contribution in [1.82, 2.24) is 14.8 Å². The summed E-state index contributed by atoms with van der Waals surface area (Å²) < 4.78 is 0.826. The number of phenols is 1. The molecule has 1 amide bonds. The number of halogens is 1. The highest BCUT2D eigenvalue weighted by molar-refractivity contribution is 7.16. The molecule has 7 nitrogen and oxygen atoms in total. The van der Waals surface area contributed by atoms with Crippen LogP contribution in [-0.4, -0.2) is 64.6 Å². The molecule has 2 aromatic carbocycles. The number of H-pyrrole nitrogens is 1. The van der Waals surface area contributed by atoms with Crippen molar-refractivity contribution in [3.8, 4) is 5.75 Å². The van der Waals surface area contributed by atoms with Gasteiger partial charge in [0.2, 0.25) is 5.91 Å². The molecule has 3 aromatic rings. The first-order chi connectivity index (χ1) is 17.4. The minimum absolute atomic E-state index is 0.105. The first kappa shape index (κ1) is 26.7. The molecule has 1 aromatic heterocycles. The number of nitrogens with two attached hydrogens (primary N) is 1. The van der Waals surface area contributed by atoms with E-state index in [2.05, 4.69) is 26.9 Å². The Labute approximate surface area is 220 Å². The number of carbonyl (C=O) groups excluding carboxylic acids is 1. The number of fused-ring (bicyclic) bond motifs is 1. The fraction of sp³-hybridized carbons (Fsp3) is 0.481. The zero-order valence-corrected chi connectivity index (χ0v) is 22.1. The number of benzene rings is 2. The monoisotopic (exact) mass is 530 g/mol. The molecule has 36 heavy (non-hydrogen) atoms. The van der Waals surface area contributed by atoms with Gasteiger partial charge in [-0.1, -0.05) is 54.0 Å². The van der Waals surface area contributed by atoms with Crippen molar-refractivity contribution < 1.29 is 9.90 Å². The summed E-state index contributed by atoms with van der Waals surface area (Å²) in [5.41, 5.74) is 8.28. The lowest BCUT2D eigenvalue weighted by molar-refractivity contribution is -0.118. The van der Waals surface area contributed by atoms with Gasteiger partial charge in [-0.05, 0) is 55.0 Å². The molecule has 4 N–H and O–H groups in total. The second kappa shape index (κ2) is 12.7. The van der Waals surface area contributed by atoms with Crippen molar-refractivity contribution in [2.45, 2.75) is 51.0 Å². The molecule has 9 heteroatoms. The number of rotatable bonds is 13. The Morgan fingerprint density at radius 1 is 1.03 bits per heavy atom. The Hall–Kier alpha value is -2.39. The molecule has 4 rings (SSSR count). The van der Waals surface area contributed by atoms with Gasteiger partial charge in [-0.25, -0.2) is 0 Å². The second-order valence-electron chi connectivity index (χ2n) is 9.62. The lowest BCUT2D eigenvalue weighted by Crippen LogP contribution is -2.42. The number of nitrogens with zero attached hydrogens (tertiary/aromatic N) is 2. The third-order valence-electron chi connectivity index (χ3n) is 7.16. The minimum atomic E-state index is -0.251. The molecular weight excluding hydrogens is 496 g/mol. The Morgan fingerprint density at radius 3 is 2.47 bits per heavy atom. The summed E-state index contributed by atoms with van der Waals surface area (Å²) in [5.74, 6) is -0.146. The van der Waals surface area contributed by atoms with Crippen LogP contribution >= 0.6 is 22.9 Å². The first-order valence-electron chi connectivity index (χ1n) is 12.7. The van der Waals surface area contributed by atoms with Crippen molar-refractivity contribution in [1.29, 1.82) is 0 Å². The Bertz CT molecular complexity index is 1200. The highest BCUT2D eigenvalue weighted by atomic mass is 35.5. The second-order valence-corrected chi connectivity index (χ2v) is 11.0. The van der Waals surface area contributed by atoms with Gasteiger partial charge in [0.1, 0.15) is 11.3 Å². The number of hydrogen-bond donors (Lipinski definition) is 3. The summed E-state index contributed by atoms with van der Waals surface area (Å²) in [6.07, 6.45) is 6.92. The number of hydrogen-bond acceptors (Lipinski definition) is 6. The van der Waals surface area contributed by atoms with Gasteiger partial charge < -0.3 is 20.7 Å². The van der Waals surface area contributed by atoms with Gasteiger partial charge >= 0.3 is 4.87 Å². The molecule has 1 saturated carbocycles. The number of phenolic OH excluding ortho intramolecular Hbond substituents is 1. The van der Waals surface area contributed by atoms with Crippen LogP contribution in [0.2, 0.25) is 5.02 Å². The molecule has 0 atom stereocenters. The normalized spacial score (nSPS) is 14.4. The number of nitrogens with one attached hydrogen (secondary N) is 1. The van der Waals surface area contributed by atoms with Gasteiger partial charge in [0, 0.05) is 50.2 Å². The maximum atomic E-state index is 11.9.